The van der Waals surface area contributed by atoms with Crippen LogP contribution < -0.4 is 4.74 Å². The highest BCUT2D eigenvalue weighted by atomic mass is 16.5. The van der Waals surface area contributed by atoms with Crippen LogP contribution in [0.2, 0.25) is 0 Å². The van der Waals surface area contributed by atoms with Gasteiger partial charge in [0.1, 0.15) is 18.1 Å². The zero-order valence-corrected chi connectivity index (χ0v) is 15.6. The first kappa shape index (κ1) is 17.3. The van der Waals surface area contributed by atoms with E-state index in [0.29, 0.717) is 36.5 Å². The number of rotatable bonds is 3. The number of fused-ring (bicyclic) bond motifs is 5. The van der Waals surface area contributed by atoms with E-state index < -0.39 is 0 Å². The van der Waals surface area contributed by atoms with Crippen LogP contribution in [-0.4, -0.2) is 23.3 Å². The first-order chi connectivity index (χ1) is 12.4. The second kappa shape index (κ2) is 6.26. The Kier molecular flexibility index (Phi) is 4.17. The van der Waals surface area contributed by atoms with Gasteiger partial charge in [0.15, 0.2) is 5.78 Å². The normalized spacial score (nSPS) is 34.2. The van der Waals surface area contributed by atoms with Crippen LogP contribution in [0.5, 0.6) is 5.75 Å². The summed E-state index contributed by atoms with van der Waals surface area (Å²) < 4.78 is 5.81. The number of oxime groups is 1. The lowest BCUT2D eigenvalue weighted by molar-refractivity contribution is -0.125. The summed E-state index contributed by atoms with van der Waals surface area (Å²) >= 11 is 0. The third-order valence-electron chi connectivity index (χ3n) is 6.89. The van der Waals surface area contributed by atoms with Crippen molar-refractivity contribution in [3.63, 3.8) is 0 Å². The van der Waals surface area contributed by atoms with Gasteiger partial charge in [0, 0.05) is 11.8 Å². The Hall–Kier alpha value is -2.10. The number of aryl methyl sites for hydroxylation is 1. The molecule has 26 heavy (non-hydrogen) atoms. The van der Waals surface area contributed by atoms with Crippen LogP contribution in [0.3, 0.4) is 0 Å². The van der Waals surface area contributed by atoms with Gasteiger partial charge in [0.2, 0.25) is 0 Å². The quantitative estimate of drug-likeness (QED) is 0.494. The lowest BCUT2D eigenvalue weighted by Crippen LogP contribution is -2.42. The summed E-state index contributed by atoms with van der Waals surface area (Å²) in [7, 11) is 0. The number of hydrogen-bond donors (Lipinski definition) is 1. The smallest absolute Gasteiger partial charge is 0.186 e. The van der Waals surface area contributed by atoms with Gasteiger partial charge in [-0.3, -0.25) is 4.79 Å². The van der Waals surface area contributed by atoms with Gasteiger partial charge in [0.25, 0.3) is 0 Å². The summed E-state index contributed by atoms with van der Waals surface area (Å²) in [5, 5.41) is 12.5. The van der Waals surface area contributed by atoms with E-state index in [1.54, 1.807) is 0 Å². The van der Waals surface area contributed by atoms with E-state index in [4.69, 9.17) is 4.74 Å². The van der Waals surface area contributed by atoms with Crippen molar-refractivity contribution in [3.8, 4) is 5.75 Å². The molecule has 1 aromatic rings. The molecule has 1 aromatic carbocycles. The highest BCUT2D eigenvalue weighted by molar-refractivity contribution is 6.43. The van der Waals surface area contributed by atoms with Crippen LogP contribution >= 0.6 is 0 Å². The van der Waals surface area contributed by atoms with Gasteiger partial charge in [-0.05, 0) is 79.2 Å². The number of nitrogens with zero attached hydrogens (tertiary/aromatic N) is 1. The molecule has 138 valence electrons. The summed E-state index contributed by atoms with van der Waals surface area (Å²) in [5.41, 5.74) is 3.86. The second-order valence-corrected chi connectivity index (χ2v) is 8.56. The topological polar surface area (TPSA) is 58.9 Å². The molecule has 4 heteroatoms. The monoisotopic (exact) mass is 353 g/mol. The summed E-state index contributed by atoms with van der Waals surface area (Å²) in [6.07, 6.45) is 4.65. The number of hydrogen-bond acceptors (Lipinski definition) is 4. The Morgan fingerprint density at radius 1 is 1.42 bits per heavy atom. The fraction of sp³-hybridized carbons (Fsp3) is 0.545. The molecular formula is C22H27NO3. The molecule has 2 saturated carbocycles. The van der Waals surface area contributed by atoms with Gasteiger partial charge in [-0.2, -0.15) is 0 Å². The molecule has 0 aromatic heterocycles. The van der Waals surface area contributed by atoms with Crippen molar-refractivity contribution >= 4 is 11.5 Å². The predicted molar refractivity (Wildman–Crippen MR) is 101 cm³/mol. The molecular weight excluding hydrogens is 326 g/mol. The third-order valence-corrected chi connectivity index (χ3v) is 6.89. The van der Waals surface area contributed by atoms with Crippen molar-refractivity contribution in [3.05, 3.63) is 41.5 Å². The van der Waals surface area contributed by atoms with Crippen LogP contribution in [0.25, 0.3) is 0 Å². The SMILES string of the molecule is C=C(C)COc1ccc2c(c1)CC[C@@H]1[C@@H]2CC[C@@]2(C)C(=O)/C(=N\O)C[C@H]12. The van der Waals surface area contributed by atoms with E-state index in [-0.39, 0.29) is 11.2 Å². The third kappa shape index (κ3) is 2.58. The van der Waals surface area contributed by atoms with Gasteiger partial charge >= 0.3 is 0 Å². The van der Waals surface area contributed by atoms with Gasteiger partial charge in [0.05, 0.1) is 0 Å². The minimum Gasteiger partial charge on any atom is -0.489 e. The number of carbonyl (C=O) groups excluding carboxylic acids is 1. The molecule has 3 aliphatic carbocycles. The Balaban J connectivity index is 1.61. The fourth-order valence-corrected chi connectivity index (χ4v) is 5.55. The van der Waals surface area contributed by atoms with Gasteiger partial charge in [-0.25, -0.2) is 0 Å². The van der Waals surface area contributed by atoms with Crippen LogP contribution in [-0.2, 0) is 11.2 Å². The van der Waals surface area contributed by atoms with Crippen molar-refractivity contribution in [2.45, 2.75) is 51.9 Å². The first-order valence-corrected chi connectivity index (χ1v) is 9.60. The molecule has 1 N–H and O–H groups in total. The van der Waals surface area contributed by atoms with Crippen molar-refractivity contribution < 1.29 is 14.7 Å². The Morgan fingerprint density at radius 3 is 2.96 bits per heavy atom. The maximum atomic E-state index is 12.7. The molecule has 0 heterocycles. The molecule has 0 saturated heterocycles. The number of benzene rings is 1. The summed E-state index contributed by atoms with van der Waals surface area (Å²) in [5.74, 6) is 2.27. The predicted octanol–water partition coefficient (Wildman–Crippen LogP) is 4.51. The van der Waals surface area contributed by atoms with Gasteiger partial charge in [-0.1, -0.05) is 24.7 Å². The van der Waals surface area contributed by atoms with E-state index in [0.717, 1.165) is 37.0 Å². The first-order valence-electron chi connectivity index (χ1n) is 9.60. The summed E-state index contributed by atoms with van der Waals surface area (Å²) in [6.45, 7) is 8.49. The lowest BCUT2D eigenvalue weighted by atomic mass is 9.55. The highest BCUT2D eigenvalue weighted by Crippen LogP contribution is 2.59. The molecule has 2 fully saturated rings. The summed E-state index contributed by atoms with van der Waals surface area (Å²) in [6, 6.07) is 6.47. The summed E-state index contributed by atoms with van der Waals surface area (Å²) in [4.78, 5) is 12.7. The molecule has 3 aliphatic rings. The Morgan fingerprint density at radius 2 is 2.23 bits per heavy atom. The molecule has 0 bridgehead atoms. The van der Waals surface area contributed by atoms with Crippen LogP contribution in [0.4, 0.5) is 0 Å². The van der Waals surface area contributed by atoms with E-state index >= 15 is 0 Å². The molecule has 4 rings (SSSR count). The molecule has 0 amide bonds. The lowest BCUT2D eigenvalue weighted by Gasteiger charge is -2.47. The highest BCUT2D eigenvalue weighted by Gasteiger charge is 2.57. The van der Waals surface area contributed by atoms with E-state index in [1.807, 2.05) is 6.92 Å². The number of ketones is 1. The van der Waals surface area contributed by atoms with Crippen molar-refractivity contribution in [2.24, 2.45) is 22.4 Å². The fourth-order valence-electron chi connectivity index (χ4n) is 5.55. The Bertz CT molecular complexity index is 797. The van der Waals surface area contributed by atoms with Crippen LogP contribution in [0, 0.1) is 17.3 Å². The van der Waals surface area contributed by atoms with Crippen LogP contribution in [0.1, 0.15) is 56.6 Å². The van der Waals surface area contributed by atoms with Crippen molar-refractivity contribution in [2.75, 3.05) is 6.61 Å². The van der Waals surface area contributed by atoms with E-state index in [1.165, 1.54) is 11.1 Å². The molecule has 0 radical (unpaired) electrons. The molecule has 4 nitrogen and oxygen atoms in total. The zero-order chi connectivity index (χ0) is 18.5. The maximum absolute atomic E-state index is 12.7. The van der Waals surface area contributed by atoms with Gasteiger partial charge in [-0.15, -0.1) is 0 Å². The standard InChI is InChI=1S/C22H27NO3/c1-13(2)12-26-15-5-7-16-14(10-15)4-6-18-17(16)8-9-22(3)19(18)11-20(23-25)21(22)24/h5,7,10,17-19,25H,1,4,6,8-9,11-12H2,2-3H3/b23-20-/t17-,18-,19-,22-/m1/s1. The molecule has 0 spiro atoms. The molecule has 4 atom stereocenters. The van der Waals surface area contributed by atoms with Crippen molar-refractivity contribution in [1.29, 1.82) is 0 Å². The minimum atomic E-state index is -0.342. The average Bonchev–Trinajstić information content (AvgIpc) is 2.90. The molecule has 0 aliphatic heterocycles. The van der Waals surface area contributed by atoms with E-state index in [2.05, 4.69) is 36.9 Å². The van der Waals surface area contributed by atoms with Crippen molar-refractivity contribution in [1.82, 2.24) is 0 Å². The number of Topliss-reactive ketones (excluding diaryl/α,β-unsaturated/α-hetero) is 1. The van der Waals surface area contributed by atoms with Gasteiger partial charge < -0.3 is 9.94 Å². The second-order valence-electron chi connectivity index (χ2n) is 8.56. The number of ether oxygens (including phenoxy) is 1. The zero-order valence-electron chi connectivity index (χ0n) is 15.6. The van der Waals surface area contributed by atoms with Crippen LogP contribution in [0.15, 0.2) is 35.5 Å². The maximum Gasteiger partial charge on any atom is 0.186 e. The van der Waals surface area contributed by atoms with E-state index in [9.17, 15) is 10.0 Å². The Labute approximate surface area is 154 Å². The largest absolute Gasteiger partial charge is 0.489 e. The minimum absolute atomic E-state index is 0.0674. The molecule has 0 unspecified atom stereocenters. The average molecular weight is 353 g/mol. The number of carbonyl (C=O) groups is 1.